The van der Waals surface area contributed by atoms with Crippen LogP contribution >= 0.6 is 0 Å². The summed E-state index contributed by atoms with van der Waals surface area (Å²) in [7, 11) is 1.88. The summed E-state index contributed by atoms with van der Waals surface area (Å²) < 4.78 is 3.97. The summed E-state index contributed by atoms with van der Waals surface area (Å²) in [4.78, 5) is 0. The first-order valence-corrected chi connectivity index (χ1v) is 7.30. The average Bonchev–Trinajstić information content (AvgIpc) is 2.96. The zero-order chi connectivity index (χ0) is 15.3. The second-order valence-corrected chi connectivity index (χ2v) is 5.07. The van der Waals surface area contributed by atoms with Gasteiger partial charge in [0.15, 0.2) is 0 Å². The van der Waals surface area contributed by atoms with Crippen LogP contribution in [0.5, 0.6) is 0 Å². The fourth-order valence-corrected chi connectivity index (χ4v) is 2.38. The van der Waals surface area contributed by atoms with Crippen molar-refractivity contribution in [3.8, 4) is 0 Å². The smallest absolute Gasteiger partial charge is 0.0928 e. The van der Waals surface area contributed by atoms with Crippen LogP contribution < -0.4 is 0 Å². The van der Waals surface area contributed by atoms with Crippen molar-refractivity contribution in [1.29, 1.82) is 0 Å². The predicted octanol–water partition coefficient (Wildman–Crippen LogP) is 3.22. The van der Waals surface area contributed by atoms with Gasteiger partial charge in [-0.05, 0) is 24.5 Å². The molecule has 0 aliphatic rings. The van der Waals surface area contributed by atoms with E-state index in [2.05, 4.69) is 42.7 Å². The van der Waals surface area contributed by atoms with Gasteiger partial charge in [-0.3, -0.25) is 4.68 Å². The molecule has 2 heterocycles. The maximum atomic E-state index is 9.29. The third-order valence-electron chi connectivity index (χ3n) is 3.39. The first-order chi connectivity index (χ1) is 9.52. The lowest BCUT2D eigenvalue weighted by molar-refractivity contribution is 0.274. The number of aryl methyl sites for hydroxylation is 1. The van der Waals surface area contributed by atoms with Gasteiger partial charge in [-0.15, -0.1) is 0 Å². The number of aliphatic hydroxyl groups excluding tert-OH is 1. The van der Waals surface area contributed by atoms with Gasteiger partial charge in [-0.25, -0.2) is 0 Å². The zero-order valence-electron chi connectivity index (χ0n) is 13.5. The number of aromatic nitrogens is 3. The molecule has 0 fully saturated rings. The molecule has 20 heavy (non-hydrogen) atoms. The minimum absolute atomic E-state index is 0.00642. The molecule has 112 valence electrons. The van der Waals surface area contributed by atoms with E-state index in [9.17, 15) is 5.11 Å². The minimum atomic E-state index is -0.00642. The van der Waals surface area contributed by atoms with E-state index in [1.54, 1.807) is 4.68 Å². The third-order valence-corrected chi connectivity index (χ3v) is 3.39. The molecule has 0 spiro atoms. The van der Waals surface area contributed by atoms with Crippen molar-refractivity contribution in [1.82, 2.24) is 14.3 Å². The standard InChI is InChI=1S/C14H21N3O.C2H6/c1-10(2)13-5-6-17(11(13)3)8-12-7-16(4)15-14(12)9-18;1-2/h5-7,10,18H,8-9H2,1-4H3;1-2H3. The molecule has 0 saturated heterocycles. The van der Waals surface area contributed by atoms with Gasteiger partial charge in [-0.1, -0.05) is 27.7 Å². The van der Waals surface area contributed by atoms with Crippen LogP contribution in [0.15, 0.2) is 18.5 Å². The molecule has 0 saturated carbocycles. The van der Waals surface area contributed by atoms with Crippen molar-refractivity contribution in [2.24, 2.45) is 7.05 Å². The molecule has 4 nitrogen and oxygen atoms in total. The van der Waals surface area contributed by atoms with E-state index in [1.165, 1.54) is 11.3 Å². The second kappa shape index (κ2) is 7.29. The molecule has 0 aliphatic heterocycles. The highest BCUT2D eigenvalue weighted by molar-refractivity contribution is 5.26. The maximum Gasteiger partial charge on any atom is 0.0928 e. The normalized spacial score (nSPS) is 10.6. The molecule has 0 aliphatic carbocycles. The highest BCUT2D eigenvalue weighted by Gasteiger charge is 2.11. The van der Waals surface area contributed by atoms with Crippen molar-refractivity contribution >= 4 is 0 Å². The van der Waals surface area contributed by atoms with Gasteiger partial charge in [0.1, 0.15) is 0 Å². The summed E-state index contributed by atoms with van der Waals surface area (Å²) in [6, 6.07) is 2.18. The number of rotatable bonds is 4. The van der Waals surface area contributed by atoms with Gasteiger partial charge in [-0.2, -0.15) is 5.10 Å². The Bertz CT molecular complexity index is 538. The van der Waals surface area contributed by atoms with E-state index in [0.29, 0.717) is 5.92 Å². The largest absolute Gasteiger partial charge is 0.390 e. The quantitative estimate of drug-likeness (QED) is 0.932. The Balaban J connectivity index is 0.000000956. The van der Waals surface area contributed by atoms with Crippen molar-refractivity contribution in [3.63, 3.8) is 0 Å². The minimum Gasteiger partial charge on any atom is -0.390 e. The van der Waals surface area contributed by atoms with Gasteiger partial charge in [0.25, 0.3) is 0 Å². The van der Waals surface area contributed by atoms with Crippen LogP contribution in [0, 0.1) is 6.92 Å². The van der Waals surface area contributed by atoms with E-state index >= 15 is 0 Å². The van der Waals surface area contributed by atoms with Gasteiger partial charge in [0.05, 0.1) is 18.8 Å². The van der Waals surface area contributed by atoms with E-state index in [0.717, 1.165) is 17.8 Å². The number of nitrogens with zero attached hydrogens (tertiary/aromatic N) is 3. The molecule has 0 bridgehead atoms. The molecule has 4 heteroatoms. The molecule has 2 aromatic heterocycles. The van der Waals surface area contributed by atoms with Crippen LogP contribution in [0.2, 0.25) is 0 Å². The third kappa shape index (κ3) is 3.51. The highest BCUT2D eigenvalue weighted by atomic mass is 16.3. The Labute approximate surface area is 122 Å². The average molecular weight is 277 g/mol. The lowest BCUT2D eigenvalue weighted by atomic mass is 10.0. The fraction of sp³-hybridized carbons (Fsp3) is 0.562. The zero-order valence-corrected chi connectivity index (χ0v) is 13.5. The summed E-state index contributed by atoms with van der Waals surface area (Å²) in [6.45, 7) is 11.3. The summed E-state index contributed by atoms with van der Waals surface area (Å²) in [5.74, 6) is 0.539. The molecule has 2 aromatic rings. The molecule has 2 rings (SSSR count). The van der Waals surface area contributed by atoms with E-state index in [-0.39, 0.29) is 6.61 Å². The van der Waals surface area contributed by atoms with E-state index in [1.807, 2.05) is 27.1 Å². The molecule has 0 radical (unpaired) electrons. The molecule has 1 N–H and O–H groups in total. The lowest BCUT2D eigenvalue weighted by Crippen LogP contribution is -2.03. The monoisotopic (exact) mass is 277 g/mol. The Morgan fingerprint density at radius 3 is 2.45 bits per heavy atom. The number of hydrogen-bond acceptors (Lipinski definition) is 2. The Morgan fingerprint density at radius 1 is 1.30 bits per heavy atom. The Morgan fingerprint density at radius 2 is 1.95 bits per heavy atom. The molecule has 0 atom stereocenters. The molecule has 0 unspecified atom stereocenters. The maximum absolute atomic E-state index is 9.29. The first kappa shape index (κ1) is 16.5. The van der Waals surface area contributed by atoms with Crippen LogP contribution in [0.4, 0.5) is 0 Å². The van der Waals surface area contributed by atoms with Crippen molar-refractivity contribution in [3.05, 3.63) is 41.0 Å². The van der Waals surface area contributed by atoms with Crippen LogP contribution in [0.3, 0.4) is 0 Å². The Kier molecular flexibility index (Phi) is 6.02. The Hall–Kier alpha value is -1.55. The molecule has 0 aromatic carbocycles. The van der Waals surface area contributed by atoms with Crippen molar-refractivity contribution in [2.45, 2.75) is 53.7 Å². The van der Waals surface area contributed by atoms with Crippen molar-refractivity contribution < 1.29 is 5.11 Å². The van der Waals surface area contributed by atoms with E-state index < -0.39 is 0 Å². The van der Waals surface area contributed by atoms with Gasteiger partial charge in [0, 0.05) is 30.7 Å². The van der Waals surface area contributed by atoms with Gasteiger partial charge in [0.2, 0.25) is 0 Å². The van der Waals surface area contributed by atoms with Crippen LogP contribution in [-0.2, 0) is 20.2 Å². The molecular weight excluding hydrogens is 250 g/mol. The number of hydrogen-bond donors (Lipinski definition) is 1. The summed E-state index contributed by atoms with van der Waals surface area (Å²) in [5, 5.41) is 13.5. The highest BCUT2D eigenvalue weighted by Crippen LogP contribution is 2.21. The van der Waals surface area contributed by atoms with Crippen LogP contribution in [0.25, 0.3) is 0 Å². The topological polar surface area (TPSA) is 43.0 Å². The van der Waals surface area contributed by atoms with Gasteiger partial charge >= 0.3 is 0 Å². The van der Waals surface area contributed by atoms with Crippen molar-refractivity contribution in [2.75, 3.05) is 0 Å². The fourth-order valence-electron chi connectivity index (χ4n) is 2.38. The summed E-state index contributed by atoms with van der Waals surface area (Å²) in [5.41, 5.74) is 4.51. The SMILES string of the molecule is CC.Cc1c(C(C)C)ccn1Cc1cn(C)nc1CO. The number of aliphatic hydroxyl groups is 1. The summed E-state index contributed by atoms with van der Waals surface area (Å²) in [6.07, 6.45) is 4.08. The second-order valence-electron chi connectivity index (χ2n) is 5.07. The molecule has 0 amide bonds. The lowest BCUT2D eigenvalue weighted by Gasteiger charge is -2.09. The summed E-state index contributed by atoms with van der Waals surface area (Å²) >= 11 is 0. The van der Waals surface area contributed by atoms with Crippen LogP contribution in [-0.4, -0.2) is 19.5 Å². The predicted molar refractivity (Wildman–Crippen MR) is 82.8 cm³/mol. The van der Waals surface area contributed by atoms with Crippen LogP contribution in [0.1, 0.15) is 56.1 Å². The van der Waals surface area contributed by atoms with E-state index in [4.69, 9.17) is 0 Å². The van der Waals surface area contributed by atoms with Gasteiger partial charge < -0.3 is 9.67 Å². The molecular formula is C16H27N3O. The first-order valence-electron chi connectivity index (χ1n) is 7.30.